The van der Waals surface area contributed by atoms with Crippen LogP contribution in [-0.4, -0.2) is 6.04 Å². The van der Waals surface area contributed by atoms with E-state index in [1.807, 2.05) is 0 Å². The number of nitrogens with two attached hydrogens (primary N) is 1. The van der Waals surface area contributed by atoms with Crippen molar-refractivity contribution < 1.29 is 0 Å². The summed E-state index contributed by atoms with van der Waals surface area (Å²) in [5, 5.41) is 0. The molecular weight excluding hydrogens is 182 g/mol. The molecule has 0 spiro atoms. The average molecular weight is 205 g/mol. The Kier molecular flexibility index (Phi) is 4.34. The van der Waals surface area contributed by atoms with Crippen molar-refractivity contribution >= 4 is 0 Å². The van der Waals surface area contributed by atoms with E-state index in [2.05, 4.69) is 45.9 Å². The first-order valence-electron chi connectivity index (χ1n) is 5.91. The highest BCUT2D eigenvalue weighted by Gasteiger charge is 2.08. The Labute approximate surface area is 93.7 Å². The van der Waals surface area contributed by atoms with Gasteiger partial charge in [0.05, 0.1) is 0 Å². The molecule has 1 aromatic carbocycles. The second-order valence-electron chi connectivity index (χ2n) is 4.72. The van der Waals surface area contributed by atoms with Crippen LogP contribution in [0.2, 0.25) is 0 Å². The van der Waals surface area contributed by atoms with Crippen LogP contribution >= 0.6 is 0 Å². The third-order valence-electron chi connectivity index (χ3n) is 2.78. The van der Waals surface area contributed by atoms with Crippen molar-refractivity contribution in [3.63, 3.8) is 0 Å². The van der Waals surface area contributed by atoms with Crippen molar-refractivity contribution in [3.8, 4) is 0 Å². The van der Waals surface area contributed by atoms with Crippen LogP contribution in [0, 0.1) is 0 Å². The zero-order chi connectivity index (χ0) is 11.4. The molecule has 0 saturated carbocycles. The van der Waals surface area contributed by atoms with E-state index in [9.17, 15) is 0 Å². The standard InChI is InChI=1S/C14H23N/c1-5-12-6-7-14(10(2)3)13(9-12)8-11(4)15/h6-7,9-11H,5,8,15H2,1-4H3. The molecule has 0 amide bonds. The van der Waals surface area contributed by atoms with Crippen molar-refractivity contribution in [2.45, 2.75) is 52.5 Å². The molecule has 0 fully saturated rings. The average Bonchev–Trinajstić information content (AvgIpc) is 2.16. The fraction of sp³-hybridized carbons (Fsp3) is 0.571. The molecule has 1 atom stereocenters. The Bertz CT molecular complexity index is 313. The molecule has 84 valence electrons. The number of aryl methyl sites for hydroxylation is 1. The summed E-state index contributed by atoms with van der Waals surface area (Å²) in [5.41, 5.74) is 10.2. The van der Waals surface area contributed by atoms with Gasteiger partial charge in [-0.1, -0.05) is 39.0 Å². The molecule has 1 heteroatoms. The zero-order valence-electron chi connectivity index (χ0n) is 10.4. The molecule has 0 saturated heterocycles. The molecule has 1 unspecified atom stereocenters. The van der Waals surface area contributed by atoms with Crippen molar-refractivity contribution in [3.05, 3.63) is 34.9 Å². The molecule has 0 bridgehead atoms. The summed E-state index contributed by atoms with van der Waals surface area (Å²) in [6.45, 7) is 8.75. The summed E-state index contributed by atoms with van der Waals surface area (Å²) >= 11 is 0. The van der Waals surface area contributed by atoms with Gasteiger partial charge in [-0.15, -0.1) is 0 Å². The number of hydrogen-bond acceptors (Lipinski definition) is 1. The van der Waals surface area contributed by atoms with E-state index in [-0.39, 0.29) is 6.04 Å². The number of rotatable bonds is 4. The minimum absolute atomic E-state index is 0.245. The van der Waals surface area contributed by atoms with Crippen LogP contribution in [0.1, 0.15) is 50.3 Å². The lowest BCUT2D eigenvalue weighted by molar-refractivity contribution is 0.719. The predicted octanol–water partition coefficient (Wildman–Crippen LogP) is 3.26. The van der Waals surface area contributed by atoms with E-state index in [1.165, 1.54) is 16.7 Å². The third kappa shape index (κ3) is 3.35. The Morgan fingerprint density at radius 1 is 1.20 bits per heavy atom. The van der Waals surface area contributed by atoms with Crippen LogP contribution in [0.15, 0.2) is 18.2 Å². The first-order valence-corrected chi connectivity index (χ1v) is 5.91. The molecule has 2 N–H and O–H groups in total. The maximum absolute atomic E-state index is 5.88. The maximum Gasteiger partial charge on any atom is 0.00510 e. The largest absolute Gasteiger partial charge is 0.328 e. The summed E-state index contributed by atoms with van der Waals surface area (Å²) in [7, 11) is 0. The van der Waals surface area contributed by atoms with Crippen LogP contribution in [0.25, 0.3) is 0 Å². The summed E-state index contributed by atoms with van der Waals surface area (Å²) in [6, 6.07) is 7.06. The summed E-state index contributed by atoms with van der Waals surface area (Å²) in [4.78, 5) is 0. The van der Waals surface area contributed by atoms with Gasteiger partial charge in [0, 0.05) is 6.04 Å². The molecule has 1 aromatic rings. The Balaban J connectivity index is 3.05. The van der Waals surface area contributed by atoms with Gasteiger partial charge in [-0.3, -0.25) is 0 Å². The maximum atomic E-state index is 5.88. The van der Waals surface area contributed by atoms with Crippen molar-refractivity contribution in [1.29, 1.82) is 0 Å². The minimum Gasteiger partial charge on any atom is -0.328 e. The highest BCUT2D eigenvalue weighted by Crippen LogP contribution is 2.22. The van der Waals surface area contributed by atoms with Gasteiger partial charge in [0.25, 0.3) is 0 Å². The lowest BCUT2D eigenvalue weighted by atomic mass is 9.91. The minimum atomic E-state index is 0.245. The second-order valence-corrected chi connectivity index (χ2v) is 4.72. The predicted molar refractivity (Wildman–Crippen MR) is 67.3 cm³/mol. The topological polar surface area (TPSA) is 26.0 Å². The van der Waals surface area contributed by atoms with E-state index in [4.69, 9.17) is 5.73 Å². The third-order valence-corrected chi connectivity index (χ3v) is 2.78. The van der Waals surface area contributed by atoms with Gasteiger partial charge in [0.2, 0.25) is 0 Å². The second kappa shape index (κ2) is 5.32. The zero-order valence-corrected chi connectivity index (χ0v) is 10.4. The summed E-state index contributed by atoms with van der Waals surface area (Å²) in [5.74, 6) is 0.588. The van der Waals surface area contributed by atoms with Gasteiger partial charge in [0.15, 0.2) is 0 Å². The van der Waals surface area contributed by atoms with Gasteiger partial charge in [-0.25, -0.2) is 0 Å². The van der Waals surface area contributed by atoms with Crippen LogP contribution in [0.4, 0.5) is 0 Å². The normalized spacial score (nSPS) is 13.2. The Morgan fingerprint density at radius 3 is 2.33 bits per heavy atom. The van der Waals surface area contributed by atoms with E-state index >= 15 is 0 Å². The van der Waals surface area contributed by atoms with E-state index in [1.54, 1.807) is 0 Å². The van der Waals surface area contributed by atoms with E-state index < -0.39 is 0 Å². The lowest BCUT2D eigenvalue weighted by Crippen LogP contribution is -2.19. The molecule has 0 aromatic heterocycles. The van der Waals surface area contributed by atoms with Crippen LogP contribution in [0.3, 0.4) is 0 Å². The molecule has 0 radical (unpaired) electrons. The smallest absolute Gasteiger partial charge is 0.00510 e. The summed E-state index contributed by atoms with van der Waals surface area (Å²) < 4.78 is 0. The fourth-order valence-electron chi connectivity index (χ4n) is 1.97. The van der Waals surface area contributed by atoms with Crippen molar-refractivity contribution in [2.24, 2.45) is 5.73 Å². The quantitative estimate of drug-likeness (QED) is 0.802. The van der Waals surface area contributed by atoms with Crippen LogP contribution in [-0.2, 0) is 12.8 Å². The molecule has 15 heavy (non-hydrogen) atoms. The Hall–Kier alpha value is -0.820. The number of benzene rings is 1. The highest BCUT2D eigenvalue weighted by molar-refractivity contribution is 5.34. The van der Waals surface area contributed by atoms with Gasteiger partial charge >= 0.3 is 0 Å². The molecule has 1 rings (SSSR count). The van der Waals surface area contributed by atoms with Crippen molar-refractivity contribution in [2.75, 3.05) is 0 Å². The first kappa shape index (κ1) is 12.3. The summed E-state index contributed by atoms with van der Waals surface area (Å²) in [6.07, 6.45) is 2.09. The molecule has 0 heterocycles. The van der Waals surface area contributed by atoms with E-state index in [0.717, 1.165) is 12.8 Å². The van der Waals surface area contributed by atoms with Crippen LogP contribution in [0.5, 0.6) is 0 Å². The molecular formula is C14H23N. The molecule has 1 nitrogen and oxygen atoms in total. The van der Waals surface area contributed by atoms with Crippen molar-refractivity contribution in [1.82, 2.24) is 0 Å². The first-order chi connectivity index (χ1) is 7.04. The van der Waals surface area contributed by atoms with E-state index in [0.29, 0.717) is 5.92 Å². The SMILES string of the molecule is CCc1ccc(C(C)C)c(CC(C)N)c1. The fourth-order valence-corrected chi connectivity index (χ4v) is 1.97. The molecule has 0 aliphatic carbocycles. The number of hydrogen-bond donors (Lipinski definition) is 1. The van der Waals surface area contributed by atoms with Crippen LogP contribution < -0.4 is 5.73 Å². The molecule has 0 aliphatic rings. The monoisotopic (exact) mass is 205 g/mol. The van der Waals surface area contributed by atoms with Gasteiger partial charge in [-0.2, -0.15) is 0 Å². The van der Waals surface area contributed by atoms with Gasteiger partial charge < -0.3 is 5.73 Å². The Morgan fingerprint density at radius 2 is 1.87 bits per heavy atom. The highest BCUT2D eigenvalue weighted by atomic mass is 14.6. The van der Waals surface area contributed by atoms with Gasteiger partial charge in [0.1, 0.15) is 0 Å². The lowest BCUT2D eigenvalue weighted by Gasteiger charge is -2.15. The molecule has 0 aliphatic heterocycles. The van der Waals surface area contributed by atoms with Gasteiger partial charge in [-0.05, 0) is 42.4 Å².